The van der Waals surface area contributed by atoms with E-state index in [-0.39, 0.29) is 11.9 Å². The average molecular weight is 278 g/mol. The maximum atomic E-state index is 14.2. The Morgan fingerprint density at radius 2 is 2.25 bits per heavy atom. The van der Waals surface area contributed by atoms with Crippen molar-refractivity contribution in [3.63, 3.8) is 0 Å². The van der Waals surface area contributed by atoms with Crippen LogP contribution in [0.5, 0.6) is 0 Å². The molecule has 0 radical (unpaired) electrons. The highest BCUT2D eigenvalue weighted by molar-refractivity contribution is 5.54. The van der Waals surface area contributed by atoms with E-state index in [0.29, 0.717) is 12.6 Å². The molecular formula is C16H23FN2O. The van der Waals surface area contributed by atoms with E-state index in [1.54, 1.807) is 6.07 Å². The van der Waals surface area contributed by atoms with E-state index in [0.717, 1.165) is 37.4 Å². The minimum atomic E-state index is -0.102. The third-order valence-corrected chi connectivity index (χ3v) is 4.17. The first kappa shape index (κ1) is 13.8. The van der Waals surface area contributed by atoms with E-state index in [1.807, 2.05) is 12.1 Å². The highest BCUT2D eigenvalue weighted by Gasteiger charge is 2.24. The van der Waals surface area contributed by atoms with Crippen LogP contribution in [0.2, 0.25) is 0 Å². The van der Waals surface area contributed by atoms with Gasteiger partial charge < -0.3 is 15.0 Å². The number of nitrogens with zero attached hydrogens (tertiary/aromatic N) is 1. The summed E-state index contributed by atoms with van der Waals surface area (Å²) in [4.78, 5) is 2.27. The summed E-state index contributed by atoms with van der Waals surface area (Å²) in [5.41, 5.74) is 1.83. The van der Waals surface area contributed by atoms with Gasteiger partial charge in [0, 0.05) is 36.9 Å². The molecule has 1 aliphatic carbocycles. The van der Waals surface area contributed by atoms with Crippen LogP contribution in [-0.4, -0.2) is 31.8 Å². The molecule has 110 valence electrons. The predicted octanol–water partition coefficient (Wildman–Crippen LogP) is 2.69. The predicted molar refractivity (Wildman–Crippen MR) is 78.5 cm³/mol. The summed E-state index contributed by atoms with van der Waals surface area (Å²) in [6.45, 7) is 5.19. The standard InChI is InChI=1S/C16H23FN2O/c1-2-13-11-19(8-9-20-13)16-5-3-4-15(17)14(16)10-18-12-6-7-12/h3-5,12-13,18H,2,6-11H2,1H3. The first-order valence-corrected chi connectivity index (χ1v) is 7.65. The molecule has 4 heteroatoms. The Morgan fingerprint density at radius 3 is 3.00 bits per heavy atom. The molecule has 1 N–H and O–H groups in total. The number of morpholine rings is 1. The van der Waals surface area contributed by atoms with Gasteiger partial charge in [-0.3, -0.25) is 0 Å². The summed E-state index contributed by atoms with van der Waals surface area (Å²) < 4.78 is 19.9. The van der Waals surface area contributed by atoms with Crippen molar-refractivity contribution in [2.24, 2.45) is 0 Å². The van der Waals surface area contributed by atoms with Gasteiger partial charge in [-0.05, 0) is 31.4 Å². The van der Waals surface area contributed by atoms with E-state index in [2.05, 4.69) is 17.1 Å². The van der Waals surface area contributed by atoms with Gasteiger partial charge in [-0.2, -0.15) is 0 Å². The van der Waals surface area contributed by atoms with Crippen LogP contribution in [-0.2, 0) is 11.3 Å². The molecule has 20 heavy (non-hydrogen) atoms. The highest BCUT2D eigenvalue weighted by Crippen LogP contribution is 2.27. The smallest absolute Gasteiger partial charge is 0.129 e. The zero-order valence-corrected chi connectivity index (χ0v) is 12.1. The number of nitrogens with one attached hydrogen (secondary N) is 1. The van der Waals surface area contributed by atoms with Crippen LogP contribution in [0.4, 0.5) is 10.1 Å². The van der Waals surface area contributed by atoms with Crippen molar-refractivity contribution in [2.75, 3.05) is 24.6 Å². The summed E-state index contributed by atoms with van der Waals surface area (Å²) in [5, 5.41) is 3.42. The number of anilines is 1. The maximum Gasteiger partial charge on any atom is 0.129 e. The number of halogens is 1. The molecule has 0 spiro atoms. The van der Waals surface area contributed by atoms with Crippen LogP contribution in [0.15, 0.2) is 18.2 Å². The molecule has 2 aliphatic rings. The van der Waals surface area contributed by atoms with Crippen molar-refractivity contribution in [1.82, 2.24) is 5.32 Å². The number of hydrogen-bond donors (Lipinski definition) is 1. The van der Waals surface area contributed by atoms with E-state index in [4.69, 9.17) is 4.74 Å². The summed E-state index contributed by atoms with van der Waals surface area (Å²) in [6, 6.07) is 5.99. The normalized spacial score (nSPS) is 23.1. The van der Waals surface area contributed by atoms with Crippen molar-refractivity contribution in [2.45, 2.75) is 44.9 Å². The van der Waals surface area contributed by atoms with Crippen molar-refractivity contribution >= 4 is 5.69 Å². The van der Waals surface area contributed by atoms with E-state index >= 15 is 0 Å². The molecule has 1 aromatic carbocycles. The van der Waals surface area contributed by atoms with Gasteiger partial charge in [0.15, 0.2) is 0 Å². The third-order valence-electron chi connectivity index (χ3n) is 4.17. The van der Waals surface area contributed by atoms with Gasteiger partial charge in [-0.15, -0.1) is 0 Å². The fourth-order valence-corrected chi connectivity index (χ4v) is 2.74. The number of rotatable bonds is 5. The third kappa shape index (κ3) is 3.13. The lowest BCUT2D eigenvalue weighted by molar-refractivity contribution is 0.0383. The van der Waals surface area contributed by atoms with Gasteiger partial charge in [-0.25, -0.2) is 4.39 Å². The first-order valence-electron chi connectivity index (χ1n) is 7.65. The second kappa shape index (κ2) is 6.10. The summed E-state index contributed by atoms with van der Waals surface area (Å²) in [5.74, 6) is -0.102. The molecule has 1 aliphatic heterocycles. The summed E-state index contributed by atoms with van der Waals surface area (Å²) in [6.07, 6.45) is 3.70. The molecule has 3 nitrogen and oxygen atoms in total. The fraction of sp³-hybridized carbons (Fsp3) is 0.625. The zero-order valence-electron chi connectivity index (χ0n) is 12.1. The Hall–Kier alpha value is -1.13. The molecule has 1 atom stereocenters. The molecule has 2 fully saturated rings. The minimum Gasteiger partial charge on any atom is -0.375 e. The number of ether oxygens (including phenoxy) is 1. The monoisotopic (exact) mass is 278 g/mol. The van der Waals surface area contributed by atoms with Crippen molar-refractivity contribution in [3.8, 4) is 0 Å². The molecule has 1 aromatic rings. The van der Waals surface area contributed by atoms with Crippen LogP contribution >= 0.6 is 0 Å². The first-order chi connectivity index (χ1) is 9.78. The maximum absolute atomic E-state index is 14.2. The Labute approximate surface area is 120 Å². The fourth-order valence-electron chi connectivity index (χ4n) is 2.74. The topological polar surface area (TPSA) is 24.5 Å². The second-order valence-corrected chi connectivity index (χ2v) is 5.74. The molecular weight excluding hydrogens is 255 g/mol. The Kier molecular flexibility index (Phi) is 4.22. The average Bonchev–Trinajstić information content (AvgIpc) is 3.30. The summed E-state index contributed by atoms with van der Waals surface area (Å²) >= 11 is 0. The molecule has 1 unspecified atom stereocenters. The Balaban J connectivity index is 1.77. The Morgan fingerprint density at radius 1 is 1.40 bits per heavy atom. The number of benzene rings is 1. The molecule has 0 bridgehead atoms. The molecule has 0 aromatic heterocycles. The van der Waals surface area contributed by atoms with Gasteiger partial charge in [0.2, 0.25) is 0 Å². The van der Waals surface area contributed by atoms with Gasteiger partial charge in [-0.1, -0.05) is 13.0 Å². The van der Waals surface area contributed by atoms with Gasteiger partial charge in [0.1, 0.15) is 5.82 Å². The minimum absolute atomic E-state index is 0.102. The second-order valence-electron chi connectivity index (χ2n) is 5.74. The van der Waals surface area contributed by atoms with Crippen LogP contribution in [0.1, 0.15) is 31.7 Å². The SMILES string of the molecule is CCC1CN(c2cccc(F)c2CNC2CC2)CCO1. The van der Waals surface area contributed by atoms with Crippen LogP contribution in [0.25, 0.3) is 0 Å². The van der Waals surface area contributed by atoms with Gasteiger partial charge in [0.25, 0.3) is 0 Å². The molecule has 0 amide bonds. The van der Waals surface area contributed by atoms with Gasteiger partial charge in [0.05, 0.1) is 12.7 Å². The van der Waals surface area contributed by atoms with Crippen LogP contribution in [0, 0.1) is 5.82 Å². The lowest BCUT2D eigenvalue weighted by atomic mass is 10.1. The molecule has 3 rings (SSSR count). The zero-order chi connectivity index (χ0) is 13.9. The van der Waals surface area contributed by atoms with Crippen LogP contribution in [0.3, 0.4) is 0 Å². The lowest BCUT2D eigenvalue weighted by Gasteiger charge is -2.35. The Bertz CT molecular complexity index is 462. The van der Waals surface area contributed by atoms with E-state index in [1.165, 1.54) is 12.8 Å². The van der Waals surface area contributed by atoms with E-state index < -0.39 is 0 Å². The molecule has 1 saturated carbocycles. The summed E-state index contributed by atoms with van der Waals surface area (Å²) in [7, 11) is 0. The lowest BCUT2D eigenvalue weighted by Crippen LogP contribution is -2.42. The van der Waals surface area contributed by atoms with Crippen LogP contribution < -0.4 is 10.2 Å². The largest absolute Gasteiger partial charge is 0.375 e. The van der Waals surface area contributed by atoms with Crippen molar-refractivity contribution in [3.05, 3.63) is 29.6 Å². The van der Waals surface area contributed by atoms with Gasteiger partial charge >= 0.3 is 0 Å². The number of hydrogen-bond acceptors (Lipinski definition) is 3. The van der Waals surface area contributed by atoms with E-state index in [9.17, 15) is 4.39 Å². The molecule has 1 saturated heterocycles. The quantitative estimate of drug-likeness (QED) is 0.896. The van der Waals surface area contributed by atoms with Crippen molar-refractivity contribution < 1.29 is 9.13 Å². The van der Waals surface area contributed by atoms with Crippen molar-refractivity contribution in [1.29, 1.82) is 0 Å². The highest BCUT2D eigenvalue weighted by atomic mass is 19.1. The molecule has 1 heterocycles.